The largest absolute Gasteiger partial charge is 0.465 e. The molecule has 4 saturated carbocycles. The first-order valence-corrected chi connectivity index (χ1v) is 12.7. The maximum atomic E-state index is 11.5. The fourth-order valence-corrected chi connectivity index (χ4v) is 9.12. The maximum Gasteiger partial charge on any atom is 0.293 e. The van der Waals surface area contributed by atoms with Crippen molar-refractivity contribution < 1.29 is 23.9 Å². The molecule has 2 N–H and O–H groups in total. The minimum absolute atomic E-state index is 0.00479. The number of ether oxygens (including phenoxy) is 2. The smallest absolute Gasteiger partial charge is 0.293 e. The standard InChI is InChI=1S/C26H41NO5/c1-16(4-7-23(27)30)19-5-6-20-24-21(9-11-26(19,20)3)25(2)10-8-18(31-14-28)12-17(25)13-22(24)32-15-29/h14-22,24H,4-13H2,1-3H3,(H2,27,30)/t16-,17+,18-,19-,20+,21+,22-,24+,25+,26-/m1/s1. The summed E-state index contributed by atoms with van der Waals surface area (Å²) in [6, 6.07) is 0. The van der Waals surface area contributed by atoms with Crippen LogP contribution in [0.5, 0.6) is 0 Å². The lowest BCUT2D eigenvalue weighted by atomic mass is 9.43. The van der Waals surface area contributed by atoms with E-state index in [1.807, 2.05) is 0 Å². The number of fused-ring (bicyclic) bond motifs is 5. The lowest BCUT2D eigenvalue weighted by Gasteiger charge is -2.62. The van der Waals surface area contributed by atoms with Crippen LogP contribution < -0.4 is 5.73 Å². The monoisotopic (exact) mass is 447 g/mol. The Morgan fingerprint density at radius 1 is 1.00 bits per heavy atom. The molecule has 0 radical (unpaired) electrons. The van der Waals surface area contributed by atoms with Gasteiger partial charge in [0.15, 0.2) is 0 Å². The topological polar surface area (TPSA) is 95.7 Å². The average Bonchev–Trinajstić information content (AvgIpc) is 3.10. The van der Waals surface area contributed by atoms with Crippen molar-refractivity contribution in [2.45, 2.75) is 97.2 Å². The van der Waals surface area contributed by atoms with Gasteiger partial charge in [0.25, 0.3) is 12.9 Å². The van der Waals surface area contributed by atoms with Crippen LogP contribution in [-0.4, -0.2) is 31.1 Å². The van der Waals surface area contributed by atoms with Gasteiger partial charge in [-0.25, -0.2) is 0 Å². The van der Waals surface area contributed by atoms with E-state index >= 15 is 0 Å². The van der Waals surface area contributed by atoms with Crippen molar-refractivity contribution in [3.63, 3.8) is 0 Å². The van der Waals surface area contributed by atoms with Crippen molar-refractivity contribution in [3.05, 3.63) is 0 Å². The van der Waals surface area contributed by atoms with Gasteiger partial charge in [-0.2, -0.15) is 0 Å². The van der Waals surface area contributed by atoms with E-state index in [9.17, 15) is 14.4 Å². The number of hydrogen-bond acceptors (Lipinski definition) is 5. The molecule has 0 unspecified atom stereocenters. The van der Waals surface area contributed by atoms with Gasteiger partial charge in [-0.15, -0.1) is 0 Å². The van der Waals surface area contributed by atoms with Crippen LogP contribution in [0.3, 0.4) is 0 Å². The van der Waals surface area contributed by atoms with Gasteiger partial charge in [-0.3, -0.25) is 14.4 Å². The van der Waals surface area contributed by atoms with Crippen LogP contribution in [0, 0.1) is 46.3 Å². The Labute approximate surface area is 192 Å². The van der Waals surface area contributed by atoms with Crippen molar-refractivity contribution in [2.75, 3.05) is 0 Å². The van der Waals surface area contributed by atoms with Gasteiger partial charge in [0.2, 0.25) is 5.91 Å². The number of amides is 1. The molecule has 6 nitrogen and oxygen atoms in total. The molecule has 32 heavy (non-hydrogen) atoms. The van der Waals surface area contributed by atoms with Gasteiger partial charge in [-0.1, -0.05) is 20.8 Å². The third-order valence-electron chi connectivity index (χ3n) is 10.7. The summed E-state index contributed by atoms with van der Waals surface area (Å²) in [4.78, 5) is 33.8. The molecule has 6 heteroatoms. The zero-order chi connectivity index (χ0) is 23.1. The molecule has 4 rings (SSSR count). The SMILES string of the molecule is C[C@H](CCC(N)=O)[C@H]1CC[C@H]2[C@@H]3[C@H](OC=O)C[C@@H]4C[C@H](OC=O)CC[C@]4(C)[C@H]3CC[C@]12C. The van der Waals surface area contributed by atoms with Crippen LogP contribution >= 0.6 is 0 Å². The Hall–Kier alpha value is -1.59. The zero-order valence-corrected chi connectivity index (χ0v) is 20.0. The number of carbonyl (C=O) groups is 3. The summed E-state index contributed by atoms with van der Waals surface area (Å²) < 4.78 is 11.2. The number of primary amides is 1. The first kappa shape index (κ1) is 23.6. The number of carbonyl (C=O) groups excluding carboxylic acids is 3. The van der Waals surface area contributed by atoms with E-state index in [1.54, 1.807) is 0 Å². The maximum absolute atomic E-state index is 11.5. The summed E-state index contributed by atoms with van der Waals surface area (Å²) in [5, 5.41) is 0. The highest BCUT2D eigenvalue weighted by atomic mass is 16.5. The minimum Gasteiger partial charge on any atom is -0.465 e. The van der Waals surface area contributed by atoms with E-state index in [0.29, 0.717) is 54.9 Å². The van der Waals surface area contributed by atoms with E-state index in [1.165, 1.54) is 25.7 Å². The normalized spacial score (nSPS) is 46.2. The lowest BCUT2D eigenvalue weighted by Crippen LogP contribution is -2.59. The minimum atomic E-state index is -0.208. The van der Waals surface area contributed by atoms with Crippen LogP contribution in [-0.2, 0) is 23.9 Å². The van der Waals surface area contributed by atoms with Gasteiger partial charge in [0.05, 0.1) is 0 Å². The first-order chi connectivity index (χ1) is 15.2. The highest BCUT2D eigenvalue weighted by Crippen LogP contribution is 2.68. The van der Waals surface area contributed by atoms with Crippen LogP contribution in [0.15, 0.2) is 0 Å². The Balaban J connectivity index is 1.58. The number of rotatable bonds is 8. The Kier molecular flexibility index (Phi) is 6.61. The molecular weight excluding hydrogens is 406 g/mol. The van der Waals surface area contributed by atoms with Crippen LogP contribution in [0.2, 0.25) is 0 Å². The van der Waals surface area contributed by atoms with Gasteiger partial charge in [0, 0.05) is 12.3 Å². The summed E-state index contributed by atoms with van der Waals surface area (Å²) in [5.41, 5.74) is 5.87. The molecule has 4 aliphatic carbocycles. The Morgan fingerprint density at radius 2 is 1.69 bits per heavy atom. The third-order valence-corrected chi connectivity index (χ3v) is 10.7. The summed E-state index contributed by atoms with van der Waals surface area (Å²) in [6.07, 6.45) is 9.78. The van der Waals surface area contributed by atoms with Crippen molar-refractivity contribution in [1.82, 2.24) is 0 Å². The second kappa shape index (κ2) is 8.98. The van der Waals surface area contributed by atoms with Crippen molar-refractivity contribution in [1.29, 1.82) is 0 Å². The van der Waals surface area contributed by atoms with Crippen molar-refractivity contribution >= 4 is 18.9 Å². The van der Waals surface area contributed by atoms with Gasteiger partial charge >= 0.3 is 0 Å². The van der Waals surface area contributed by atoms with E-state index < -0.39 is 0 Å². The Morgan fingerprint density at radius 3 is 2.38 bits per heavy atom. The van der Waals surface area contributed by atoms with E-state index in [4.69, 9.17) is 15.2 Å². The van der Waals surface area contributed by atoms with Crippen LogP contribution in [0.4, 0.5) is 0 Å². The predicted octanol–water partition coefficient (Wildman–Crippen LogP) is 4.24. The average molecular weight is 448 g/mol. The summed E-state index contributed by atoms with van der Waals surface area (Å²) in [7, 11) is 0. The van der Waals surface area contributed by atoms with E-state index in [2.05, 4.69) is 20.8 Å². The zero-order valence-electron chi connectivity index (χ0n) is 20.0. The fraction of sp³-hybridized carbons (Fsp3) is 0.885. The second-order valence-electron chi connectivity index (χ2n) is 11.8. The fourth-order valence-electron chi connectivity index (χ4n) is 9.12. The molecule has 0 aliphatic heterocycles. The summed E-state index contributed by atoms with van der Waals surface area (Å²) in [5.74, 6) is 2.77. The third kappa shape index (κ3) is 3.86. The molecule has 4 fully saturated rings. The Bertz CT molecular complexity index is 727. The molecule has 1 amide bonds. The first-order valence-electron chi connectivity index (χ1n) is 12.7. The quantitative estimate of drug-likeness (QED) is 0.562. The lowest BCUT2D eigenvalue weighted by molar-refractivity contribution is -0.190. The van der Waals surface area contributed by atoms with Gasteiger partial charge in [-0.05, 0) is 98.2 Å². The molecule has 0 spiro atoms. The molecule has 0 aromatic rings. The highest BCUT2D eigenvalue weighted by molar-refractivity contribution is 5.73. The molecule has 0 heterocycles. The number of hydrogen-bond donors (Lipinski definition) is 1. The molecular formula is C26H41NO5. The van der Waals surface area contributed by atoms with E-state index in [-0.39, 0.29) is 28.9 Å². The molecule has 0 saturated heterocycles. The summed E-state index contributed by atoms with van der Waals surface area (Å²) in [6.45, 7) is 8.45. The van der Waals surface area contributed by atoms with Crippen molar-refractivity contribution in [3.8, 4) is 0 Å². The van der Waals surface area contributed by atoms with Gasteiger partial charge < -0.3 is 15.2 Å². The van der Waals surface area contributed by atoms with E-state index in [0.717, 1.165) is 32.1 Å². The molecule has 10 atom stereocenters. The second-order valence-corrected chi connectivity index (χ2v) is 11.8. The van der Waals surface area contributed by atoms with Crippen LogP contribution in [0.1, 0.15) is 85.0 Å². The van der Waals surface area contributed by atoms with Crippen molar-refractivity contribution in [2.24, 2.45) is 52.1 Å². The van der Waals surface area contributed by atoms with Gasteiger partial charge in [0.1, 0.15) is 12.2 Å². The molecule has 0 bridgehead atoms. The molecule has 0 aromatic carbocycles. The highest BCUT2D eigenvalue weighted by Gasteiger charge is 2.63. The summed E-state index contributed by atoms with van der Waals surface area (Å²) >= 11 is 0. The van der Waals surface area contributed by atoms with Crippen LogP contribution in [0.25, 0.3) is 0 Å². The predicted molar refractivity (Wildman–Crippen MR) is 120 cm³/mol. The molecule has 180 valence electrons. The number of nitrogens with two attached hydrogens (primary N) is 1. The molecule has 0 aromatic heterocycles. The molecule has 4 aliphatic rings.